The zero-order valence-corrected chi connectivity index (χ0v) is 12.1. The zero-order chi connectivity index (χ0) is 15.1. The third kappa shape index (κ3) is 4.52. The molecule has 1 amide bonds. The topological polar surface area (TPSA) is 73.6 Å². The number of para-hydroxylation sites is 2. The van der Waals surface area contributed by atoms with Gasteiger partial charge in [0.2, 0.25) is 0 Å². The molecule has 0 atom stereocenters. The number of aromatic nitrogens is 1. The summed E-state index contributed by atoms with van der Waals surface area (Å²) in [5.41, 5.74) is 0.818. The molecule has 21 heavy (non-hydrogen) atoms. The van der Waals surface area contributed by atoms with Crippen LogP contribution in [0.15, 0.2) is 34.9 Å². The Morgan fingerprint density at radius 1 is 1.33 bits per heavy atom. The van der Waals surface area contributed by atoms with Gasteiger partial charge in [-0.25, -0.2) is 4.98 Å². The van der Waals surface area contributed by atoms with Gasteiger partial charge >= 0.3 is 0 Å². The summed E-state index contributed by atoms with van der Waals surface area (Å²) in [5.74, 6) is 1.57. The highest BCUT2D eigenvalue weighted by Gasteiger charge is 2.07. The van der Waals surface area contributed by atoms with Crippen LogP contribution in [0, 0.1) is 6.92 Å². The Bertz CT molecular complexity index is 595. The van der Waals surface area contributed by atoms with Crippen molar-refractivity contribution in [1.29, 1.82) is 0 Å². The van der Waals surface area contributed by atoms with Gasteiger partial charge in [-0.3, -0.25) is 4.79 Å². The Labute approximate surface area is 123 Å². The van der Waals surface area contributed by atoms with Crippen LogP contribution in [-0.4, -0.2) is 31.2 Å². The van der Waals surface area contributed by atoms with Crippen molar-refractivity contribution in [3.8, 4) is 11.5 Å². The van der Waals surface area contributed by atoms with Gasteiger partial charge in [0.1, 0.15) is 6.26 Å². The molecule has 1 N–H and O–H groups in total. The molecule has 0 radical (unpaired) electrons. The molecule has 0 saturated carbocycles. The number of carbonyl (C=O) groups excluding carboxylic acids is 1. The third-order valence-electron chi connectivity index (χ3n) is 2.80. The molecule has 0 unspecified atom stereocenters. The first-order chi connectivity index (χ1) is 10.2. The number of rotatable bonds is 7. The van der Waals surface area contributed by atoms with E-state index in [9.17, 15) is 4.79 Å². The summed E-state index contributed by atoms with van der Waals surface area (Å²) < 4.78 is 15.7. The van der Waals surface area contributed by atoms with Gasteiger partial charge in [-0.15, -0.1) is 0 Å². The lowest BCUT2D eigenvalue weighted by molar-refractivity contribution is -0.123. The largest absolute Gasteiger partial charge is 0.493 e. The van der Waals surface area contributed by atoms with Gasteiger partial charge in [-0.1, -0.05) is 12.1 Å². The van der Waals surface area contributed by atoms with Gasteiger partial charge in [0, 0.05) is 19.9 Å². The first kappa shape index (κ1) is 14.9. The number of benzene rings is 1. The van der Waals surface area contributed by atoms with E-state index in [2.05, 4.69) is 10.3 Å². The first-order valence-electron chi connectivity index (χ1n) is 6.62. The summed E-state index contributed by atoms with van der Waals surface area (Å²) in [6, 6.07) is 7.19. The molecule has 1 heterocycles. The molecule has 0 spiro atoms. The minimum Gasteiger partial charge on any atom is -0.493 e. The standard InChI is InChI=1S/C15H18N2O4/c1-11-17-12(9-20-11)7-8-16-15(18)10-21-14-6-4-3-5-13(14)19-2/h3-6,9H,7-8,10H2,1-2H3,(H,16,18). The molecule has 0 bridgehead atoms. The molecule has 0 aliphatic carbocycles. The average molecular weight is 290 g/mol. The van der Waals surface area contributed by atoms with Crippen molar-refractivity contribution in [3.63, 3.8) is 0 Å². The number of methoxy groups -OCH3 is 1. The molecule has 2 aromatic rings. The van der Waals surface area contributed by atoms with Crippen LogP contribution in [0.2, 0.25) is 0 Å². The van der Waals surface area contributed by atoms with Gasteiger partial charge in [0.15, 0.2) is 24.0 Å². The fourth-order valence-corrected chi connectivity index (χ4v) is 1.79. The minimum absolute atomic E-state index is 0.0573. The number of hydrogen-bond acceptors (Lipinski definition) is 5. The Kier molecular flexibility index (Phi) is 5.20. The molecule has 1 aromatic heterocycles. The molecule has 0 fully saturated rings. The van der Waals surface area contributed by atoms with Gasteiger partial charge < -0.3 is 19.2 Å². The number of amides is 1. The van der Waals surface area contributed by atoms with E-state index >= 15 is 0 Å². The van der Waals surface area contributed by atoms with Crippen LogP contribution in [0.4, 0.5) is 0 Å². The van der Waals surface area contributed by atoms with Crippen LogP contribution < -0.4 is 14.8 Å². The first-order valence-corrected chi connectivity index (χ1v) is 6.62. The van der Waals surface area contributed by atoms with Crippen LogP contribution in [0.5, 0.6) is 11.5 Å². The van der Waals surface area contributed by atoms with E-state index in [1.165, 1.54) is 0 Å². The van der Waals surface area contributed by atoms with Crippen molar-refractivity contribution in [2.75, 3.05) is 20.3 Å². The SMILES string of the molecule is COc1ccccc1OCC(=O)NCCc1coc(C)n1. The maximum Gasteiger partial charge on any atom is 0.257 e. The smallest absolute Gasteiger partial charge is 0.257 e. The summed E-state index contributed by atoms with van der Waals surface area (Å²) in [7, 11) is 1.56. The highest BCUT2D eigenvalue weighted by Crippen LogP contribution is 2.25. The van der Waals surface area contributed by atoms with E-state index < -0.39 is 0 Å². The van der Waals surface area contributed by atoms with E-state index in [-0.39, 0.29) is 12.5 Å². The number of carbonyl (C=O) groups is 1. The number of aryl methyl sites for hydroxylation is 1. The molecule has 2 rings (SSSR count). The average Bonchev–Trinajstić information content (AvgIpc) is 2.91. The van der Waals surface area contributed by atoms with E-state index in [0.717, 1.165) is 5.69 Å². The van der Waals surface area contributed by atoms with Gasteiger partial charge in [-0.2, -0.15) is 0 Å². The second-order valence-corrected chi connectivity index (χ2v) is 4.40. The van der Waals surface area contributed by atoms with Gasteiger partial charge in [-0.05, 0) is 12.1 Å². The molecule has 0 aliphatic rings. The number of nitrogens with zero attached hydrogens (tertiary/aromatic N) is 1. The molecular weight excluding hydrogens is 272 g/mol. The van der Waals surface area contributed by atoms with Crippen LogP contribution >= 0.6 is 0 Å². The quantitative estimate of drug-likeness (QED) is 0.840. The number of oxazole rings is 1. The van der Waals surface area contributed by atoms with E-state index in [4.69, 9.17) is 13.9 Å². The Hall–Kier alpha value is -2.50. The van der Waals surface area contributed by atoms with Crippen LogP contribution in [-0.2, 0) is 11.2 Å². The number of nitrogens with one attached hydrogen (secondary N) is 1. The number of ether oxygens (including phenoxy) is 2. The summed E-state index contributed by atoms with van der Waals surface area (Å²) in [5, 5.41) is 2.76. The van der Waals surface area contributed by atoms with E-state index in [1.54, 1.807) is 32.4 Å². The predicted molar refractivity (Wildman–Crippen MR) is 76.4 cm³/mol. The summed E-state index contributed by atoms with van der Waals surface area (Å²) in [6.45, 7) is 2.21. The molecule has 6 heteroatoms. The molecule has 6 nitrogen and oxygen atoms in total. The normalized spacial score (nSPS) is 10.2. The van der Waals surface area contributed by atoms with Crippen LogP contribution in [0.1, 0.15) is 11.6 Å². The molecule has 0 saturated heterocycles. The molecule has 0 aliphatic heterocycles. The molecular formula is C15H18N2O4. The van der Waals surface area contributed by atoms with Crippen molar-refractivity contribution in [2.45, 2.75) is 13.3 Å². The van der Waals surface area contributed by atoms with Gasteiger partial charge in [0.05, 0.1) is 12.8 Å². The summed E-state index contributed by atoms with van der Waals surface area (Å²) in [4.78, 5) is 15.8. The maximum absolute atomic E-state index is 11.7. The van der Waals surface area contributed by atoms with E-state index in [0.29, 0.717) is 30.4 Å². The Morgan fingerprint density at radius 2 is 2.10 bits per heavy atom. The van der Waals surface area contributed by atoms with Crippen molar-refractivity contribution >= 4 is 5.91 Å². The fraction of sp³-hybridized carbons (Fsp3) is 0.333. The lowest BCUT2D eigenvalue weighted by Crippen LogP contribution is -2.30. The monoisotopic (exact) mass is 290 g/mol. The number of hydrogen-bond donors (Lipinski definition) is 1. The Balaban J connectivity index is 1.72. The molecule has 1 aromatic carbocycles. The fourth-order valence-electron chi connectivity index (χ4n) is 1.79. The summed E-state index contributed by atoms with van der Waals surface area (Å²) >= 11 is 0. The van der Waals surface area contributed by atoms with Crippen molar-refractivity contribution in [2.24, 2.45) is 0 Å². The van der Waals surface area contributed by atoms with Crippen molar-refractivity contribution < 1.29 is 18.7 Å². The second kappa shape index (κ2) is 7.33. The highest BCUT2D eigenvalue weighted by molar-refractivity contribution is 5.77. The van der Waals surface area contributed by atoms with Crippen molar-refractivity contribution in [3.05, 3.63) is 42.1 Å². The third-order valence-corrected chi connectivity index (χ3v) is 2.80. The highest BCUT2D eigenvalue weighted by atomic mass is 16.5. The lowest BCUT2D eigenvalue weighted by Gasteiger charge is -2.10. The van der Waals surface area contributed by atoms with Crippen LogP contribution in [0.3, 0.4) is 0 Å². The predicted octanol–water partition coefficient (Wildman–Crippen LogP) is 1.73. The second-order valence-electron chi connectivity index (χ2n) is 4.40. The minimum atomic E-state index is -0.193. The van der Waals surface area contributed by atoms with E-state index in [1.807, 2.05) is 12.1 Å². The summed E-state index contributed by atoms with van der Waals surface area (Å²) in [6.07, 6.45) is 2.21. The van der Waals surface area contributed by atoms with Gasteiger partial charge in [0.25, 0.3) is 5.91 Å². The van der Waals surface area contributed by atoms with Crippen LogP contribution in [0.25, 0.3) is 0 Å². The zero-order valence-electron chi connectivity index (χ0n) is 12.1. The molecule has 112 valence electrons. The maximum atomic E-state index is 11.7. The van der Waals surface area contributed by atoms with Crippen molar-refractivity contribution in [1.82, 2.24) is 10.3 Å². The Morgan fingerprint density at radius 3 is 2.76 bits per heavy atom. The lowest BCUT2D eigenvalue weighted by atomic mass is 10.3.